The summed E-state index contributed by atoms with van der Waals surface area (Å²) in [6.45, 7) is -0.261. The highest BCUT2D eigenvalue weighted by molar-refractivity contribution is 5.94. The summed E-state index contributed by atoms with van der Waals surface area (Å²) in [5.41, 5.74) is 0.239. The van der Waals surface area contributed by atoms with Gasteiger partial charge in [-0.3, -0.25) is 4.79 Å². The van der Waals surface area contributed by atoms with Crippen molar-refractivity contribution in [1.82, 2.24) is 5.32 Å². The monoisotopic (exact) mass is 241 g/mol. The number of ether oxygens (including phenoxy) is 1. The normalized spacial score (nSPS) is 11.7. The lowest BCUT2D eigenvalue weighted by molar-refractivity contribution is -0.149. The molecule has 2 N–H and O–H groups in total. The van der Waals surface area contributed by atoms with Gasteiger partial charge in [-0.1, -0.05) is 0 Å². The molecule has 0 aliphatic heterocycles. The summed E-state index contributed by atoms with van der Waals surface area (Å²) in [4.78, 5) is 22.3. The number of esters is 1. The predicted molar refractivity (Wildman–Crippen MR) is 56.8 cm³/mol. The minimum atomic E-state index is -1.41. The fourth-order valence-electron chi connectivity index (χ4n) is 1.11. The largest absolute Gasteiger partial charge is 0.467 e. The lowest BCUT2D eigenvalue weighted by atomic mass is 10.2. The first kappa shape index (κ1) is 13.1. The van der Waals surface area contributed by atoms with Gasteiger partial charge in [0.15, 0.2) is 6.10 Å². The number of halogens is 1. The van der Waals surface area contributed by atoms with Crippen LogP contribution in [0.3, 0.4) is 0 Å². The third-order valence-electron chi connectivity index (χ3n) is 2.04. The molecule has 1 amide bonds. The molecule has 5 nitrogen and oxygen atoms in total. The number of hydrogen-bond acceptors (Lipinski definition) is 4. The fourth-order valence-corrected chi connectivity index (χ4v) is 1.11. The summed E-state index contributed by atoms with van der Waals surface area (Å²) in [5.74, 6) is -1.78. The third-order valence-corrected chi connectivity index (χ3v) is 2.04. The summed E-state index contributed by atoms with van der Waals surface area (Å²) < 4.78 is 16.9. The number of carbonyl (C=O) groups is 2. The van der Waals surface area contributed by atoms with Crippen LogP contribution in [0.1, 0.15) is 10.4 Å². The van der Waals surface area contributed by atoms with Crippen LogP contribution in [0.25, 0.3) is 0 Å². The molecular weight excluding hydrogens is 229 g/mol. The predicted octanol–water partition coefficient (Wildman–Crippen LogP) is 0.0894. The summed E-state index contributed by atoms with van der Waals surface area (Å²) in [5, 5.41) is 11.5. The van der Waals surface area contributed by atoms with Gasteiger partial charge in [0.05, 0.1) is 13.7 Å². The number of aliphatic hydroxyl groups is 1. The Morgan fingerprint density at radius 2 is 2.00 bits per heavy atom. The third kappa shape index (κ3) is 3.84. The quantitative estimate of drug-likeness (QED) is 0.732. The zero-order chi connectivity index (χ0) is 12.8. The molecule has 92 valence electrons. The lowest BCUT2D eigenvalue weighted by Crippen LogP contribution is -2.37. The molecule has 0 radical (unpaired) electrons. The highest BCUT2D eigenvalue weighted by Gasteiger charge is 2.16. The molecule has 0 aliphatic rings. The molecule has 1 unspecified atom stereocenters. The van der Waals surface area contributed by atoms with Gasteiger partial charge in [-0.25, -0.2) is 9.18 Å². The van der Waals surface area contributed by atoms with E-state index in [1.165, 1.54) is 12.1 Å². The first-order valence-corrected chi connectivity index (χ1v) is 4.84. The number of nitrogens with one attached hydrogen (secondary N) is 1. The Balaban J connectivity index is 2.50. The lowest BCUT2D eigenvalue weighted by Gasteiger charge is -2.09. The van der Waals surface area contributed by atoms with Gasteiger partial charge in [-0.2, -0.15) is 0 Å². The van der Waals surface area contributed by atoms with Gasteiger partial charge < -0.3 is 15.2 Å². The van der Waals surface area contributed by atoms with Crippen molar-refractivity contribution in [2.45, 2.75) is 6.10 Å². The first-order chi connectivity index (χ1) is 8.04. The van der Waals surface area contributed by atoms with E-state index in [1.807, 2.05) is 0 Å². The number of aliphatic hydroxyl groups excluding tert-OH is 1. The minimum absolute atomic E-state index is 0.239. The maximum absolute atomic E-state index is 12.6. The SMILES string of the molecule is COC(=O)C(O)CNC(=O)c1ccc(F)cc1. The number of hydrogen-bond donors (Lipinski definition) is 2. The molecule has 1 aromatic rings. The van der Waals surface area contributed by atoms with Crippen LogP contribution >= 0.6 is 0 Å². The van der Waals surface area contributed by atoms with Crippen LogP contribution in [0, 0.1) is 5.82 Å². The van der Waals surface area contributed by atoms with E-state index in [2.05, 4.69) is 10.1 Å². The highest BCUT2D eigenvalue weighted by atomic mass is 19.1. The Hall–Kier alpha value is -1.95. The van der Waals surface area contributed by atoms with Gasteiger partial charge in [-0.15, -0.1) is 0 Å². The van der Waals surface area contributed by atoms with Gasteiger partial charge in [0.25, 0.3) is 5.91 Å². The van der Waals surface area contributed by atoms with Crippen LogP contribution in [0.15, 0.2) is 24.3 Å². The number of amides is 1. The van der Waals surface area contributed by atoms with Crippen molar-refractivity contribution in [3.63, 3.8) is 0 Å². The fraction of sp³-hybridized carbons (Fsp3) is 0.273. The molecule has 1 rings (SSSR count). The second kappa shape index (κ2) is 5.95. The average molecular weight is 241 g/mol. The Morgan fingerprint density at radius 1 is 1.41 bits per heavy atom. The molecule has 0 fully saturated rings. The molecule has 6 heteroatoms. The van der Waals surface area contributed by atoms with E-state index in [1.54, 1.807) is 0 Å². The van der Waals surface area contributed by atoms with Crippen molar-refractivity contribution in [2.75, 3.05) is 13.7 Å². The zero-order valence-corrected chi connectivity index (χ0v) is 9.14. The van der Waals surface area contributed by atoms with Crippen molar-refractivity contribution in [1.29, 1.82) is 0 Å². The van der Waals surface area contributed by atoms with Gasteiger partial charge in [-0.05, 0) is 24.3 Å². The Bertz CT molecular complexity index is 404. The molecule has 0 aliphatic carbocycles. The maximum Gasteiger partial charge on any atom is 0.336 e. The highest BCUT2D eigenvalue weighted by Crippen LogP contribution is 2.02. The molecule has 0 aromatic heterocycles. The summed E-state index contributed by atoms with van der Waals surface area (Å²) in [7, 11) is 1.13. The van der Waals surface area contributed by atoms with Crippen LogP contribution in [0.4, 0.5) is 4.39 Å². The van der Waals surface area contributed by atoms with Crippen LogP contribution in [-0.4, -0.2) is 36.7 Å². The Kier molecular flexibility index (Phi) is 4.59. The molecule has 0 saturated carbocycles. The van der Waals surface area contributed by atoms with Gasteiger partial charge in [0, 0.05) is 5.56 Å². The molecule has 0 spiro atoms. The van der Waals surface area contributed by atoms with Gasteiger partial charge in [0.2, 0.25) is 0 Å². The van der Waals surface area contributed by atoms with E-state index in [9.17, 15) is 19.1 Å². The van der Waals surface area contributed by atoms with Crippen LogP contribution in [0.5, 0.6) is 0 Å². The molecule has 1 aromatic carbocycles. The van der Waals surface area contributed by atoms with Crippen LogP contribution in [-0.2, 0) is 9.53 Å². The van der Waals surface area contributed by atoms with E-state index >= 15 is 0 Å². The van der Waals surface area contributed by atoms with Crippen molar-refractivity contribution in [2.24, 2.45) is 0 Å². The summed E-state index contributed by atoms with van der Waals surface area (Å²) >= 11 is 0. The second-order valence-corrected chi connectivity index (χ2v) is 3.26. The molecule has 0 heterocycles. The van der Waals surface area contributed by atoms with Gasteiger partial charge in [0.1, 0.15) is 5.82 Å². The van der Waals surface area contributed by atoms with E-state index in [0.29, 0.717) is 0 Å². The number of rotatable bonds is 4. The molecule has 0 saturated heterocycles. The minimum Gasteiger partial charge on any atom is -0.467 e. The summed E-state index contributed by atoms with van der Waals surface area (Å²) in [6, 6.07) is 4.89. The molecule has 17 heavy (non-hydrogen) atoms. The average Bonchev–Trinajstić information content (AvgIpc) is 2.35. The topological polar surface area (TPSA) is 75.6 Å². The smallest absolute Gasteiger partial charge is 0.336 e. The summed E-state index contributed by atoms with van der Waals surface area (Å²) in [6.07, 6.45) is -1.41. The number of carbonyl (C=O) groups excluding carboxylic acids is 2. The van der Waals surface area contributed by atoms with Crippen LogP contribution in [0.2, 0.25) is 0 Å². The molecular formula is C11H12FNO4. The van der Waals surface area contributed by atoms with E-state index in [-0.39, 0.29) is 12.1 Å². The van der Waals surface area contributed by atoms with Crippen molar-refractivity contribution >= 4 is 11.9 Å². The van der Waals surface area contributed by atoms with E-state index in [4.69, 9.17) is 0 Å². The zero-order valence-electron chi connectivity index (χ0n) is 9.14. The Labute approximate surface area is 97.2 Å². The number of methoxy groups -OCH3 is 1. The standard InChI is InChI=1S/C11H12FNO4/c1-17-11(16)9(14)6-13-10(15)7-2-4-8(12)5-3-7/h2-5,9,14H,6H2,1H3,(H,13,15). The first-order valence-electron chi connectivity index (χ1n) is 4.84. The molecule has 0 bridgehead atoms. The van der Waals surface area contributed by atoms with Crippen molar-refractivity contribution < 1.29 is 23.8 Å². The van der Waals surface area contributed by atoms with Crippen molar-refractivity contribution in [3.05, 3.63) is 35.6 Å². The van der Waals surface area contributed by atoms with Crippen molar-refractivity contribution in [3.8, 4) is 0 Å². The number of benzene rings is 1. The maximum atomic E-state index is 12.6. The second-order valence-electron chi connectivity index (χ2n) is 3.26. The Morgan fingerprint density at radius 3 is 2.53 bits per heavy atom. The molecule has 1 atom stereocenters. The van der Waals surface area contributed by atoms with E-state index < -0.39 is 23.8 Å². The van der Waals surface area contributed by atoms with E-state index in [0.717, 1.165) is 19.2 Å². The van der Waals surface area contributed by atoms with Gasteiger partial charge >= 0.3 is 5.97 Å². The van der Waals surface area contributed by atoms with Crippen LogP contribution < -0.4 is 5.32 Å².